The molecule has 3 saturated carbocycles. The number of fused-ring (bicyclic) bond motifs is 5. The van der Waals surface area contributed by atoms with Crippen LogP contribution in [-0.2, 0) is 4.74 Å². The first kappa shape index (κ1) is 28.4. The molecule has 0 heterocycles. The Kier molecular flexibility index (Phi) is 8.01. The monoisotopic (exact) mass is 535 g/mol. The zero-order valence-electron chi connectivity index (χ0n) is 24.8. The minimum atomic E-state index is -0.450. The lowest BCUT2D eigenvalue weighted by Crippen LogP contribution is -2.51. The fourth-order valence-electron chi connectivity index (χ4n) is 9.69. The van der Waals surface area contributed by atoms with Crippen molar-refractivity contribution in [1.29, 1.82) is 0 Å². The van der Waals surface area contributed by atoms with Crippen LogP contribution in [0.25, 0.3) is 0 Å². The Morgan fingerprint density at radius 1 is 1.03 bits per heavy atom. The van der Waals surface area contributed by atoms with E-state index in [2.05, 4.69) is 40.7 Å². The van der Waals surface area contributed by atoms with Gasteiger partial charge in [0, 0.05) is 18.6 Å². The van der Waals surface area contributed by atoms with Gasteiger partial charge in [0.05, 0.1) is 10.5 Å². The first-order valence-corrected chi connectivity index (χ1v) is 15.7. The van der Waals surface area contributed by atoms with Crippen molar-refractivity contribution >= 4 is 11.7 Å². The number of nitro groups is 1. The lowest BCUT2D eigenvalue weighted by atomic mass is 9.47. The minimum absolute atomic E-state index is 0.0142. The number of nitrogens with zero attached hydrogens (tertiary/aromatic N) is 1. The van der Waals surface area contributed by atoms with Crippen molar-refractivity contribution in [3.05, 3.63) is 51.6 Å². The highest BCUT2D eigenvalue weighted by Gasteiger charge is 2.59. The number of allylic oxidation sites excluding steroid dienone is 1. The molecule has 5 rings (SSSR count). The number of hydrogen-bond donors (Lipinski definition) is 0. The second kappa shape index (κ2) is 11.0. The van der Waals surface area contributed by atoms with E-state index in [4.69, 9.17) is 4.74 Å². The molecule has 0 aliphatic heterocycles. The topological polar surface area (TPSA) is 69.4 Å². The van der Waals surface area contributed by atoms with Gasteiger partial charge in [-0.2, -0.15) is 0 Å². The van der Waals surface area contributed by atoms with Crippen molar-refractivity contribution in [1.82, 2.24) is 0 Å². The first-order chi connectivity index (χ1) is 18.5. The lowest BCUT2D eigenvalue weighted by molar-refractivity contribution is -0.384. The summed E-state index contributed by atoms with van der Waals surface area (Å²) in [7, 11) is 0. The largest absolute Gasteiger partial charge is 0.458 e. The number of rotatable bonds is 8. The SMILES string of the molecule is CC(C)CCC[C@@H](C)C1CC[C@H]2[C@@H]3CC=C4C[C@@H](OC(=O)c5ccc([N+](=O)[O-])cc5)CC[C@]4(C)[C@H]3CC[C@]12C. The summed E-state index contributed by atoms with van der Waals surface area (Å²) in [6.07, 6.45) is 16.1. The van der Waals surface area contributed by atoms with E-state index in [1.807, 2.05) is 0 Å². The van der Waals surface area contributed by atoms with Crippen LogP contribution in [0.5, 0.6) is 0 Å². The Bertz CT molecular complexity index is 1090. The highest BCUT2D eigenvalue weighted by atomic mass is 16.6. The molecule has 5 heteroatoms. The summed E-state index contributed by atoms with van der Waals surface area (Å²) in [6.45, 7) is 12.4. The molecule has 4 aliphatic carbocycles. The van der Waals surface area contributed by atoms with E-state index >= 15 is 0 Å². The van der Waals surface area contributed by atoms with Crippen molar-refractivity contribution in [2.45, 2.75) is 111 Å². The molecule has 1 aromatic rings. The van der Waals surface area contributed by atoms with Crippen LogP contribution in [0.1, 0.15) is 116 Å². The van der Waals surface area contributed by atoms with Gasteiger partial charge >= 0.3 is 5.97 Å². The third-order valence-electron chi connectivity index (χ3n) is 11.8. The van der Waals surface area contributed by atoms with Gasteiger partial charge in [0.1, 0.15) is 6.10 Å². The van der Waals surface area contributed by atoms with Gasteiger partial charge in [0.15, 0.2) is 0 Å². The number of benzene rings is 1. The van der Waals surface area contributed by atoms with Crippen LogP contribution in [0.3, 0.4) is 0 Å². The van der Waals surface area contributed by atoms with Crippen LogP contribution in [-0.4, -0.2) is 17.0 Å². The predicted molar refractivity (Wildman–Crippen MR) is 155 cm³/mol. The molecule has 0 amide bonds. The average molecular weight is 536 g/mol. The smallest absolute Gasteiger partial charge is 0.338 e. The van der Waals surface area contributed by atoms with Crippen LogP contribution >= 0.6 is 0 Å². The van der Waals surface area contributed by atoms with Crippen LogP contribution in [0.4, 0.5) is 5.69 Å². The second-order valence-corrected chi connectivity index (χ2v) is 14.4. The van der Waals surface area contributed by atoms with Crippen molar-refractivity contribution in [2.75, 3.05) is 0 Å². The van der Waals surface area contributed by atoms with E-state index < -0.39 is 4.92 Å². The average Bonchev–Trinajstić information content (AvgIpc) is 3.26. The number of carbonyl (C=O) groups is 1. The van der Waals surface area contributed by atoms with Gasteiger partial charge in [-0.25, -0.2) is 4.79 Å². The van der Waals surface area contributed by atoms with Gasteiger partial charge in [0.25, 0.3) is 5.69 Å². The van der Waals surface area contributed by atoms with Gasteiger partial charge in [-0.15, -0.1) is 0 Å². The van der Waals surface area contributed by atoms with Gasteiger partial charge in [0.2, 0.25) is 0 Å². The summed E-state index contributed by atoms with van der Waals surface area (Å²) in [6, 6.07) is 5.73. The van der Waals surface area contributed by atoms with Crippen LogP contribution in [0.15, 0.2) is 35.9 Å². The number of ether oxygens (including phenoxy) is 1. The van der Waals surface area contributed by atoms with Gasteiger partial charge in [-0.05, 0) is 103 Å². The van der Waals surface area contributed by atoms with E-state index in [1.165, 1.54) is 81.2 Å². The molecule has 39 heavy (non-hydrogen) atoms. The van der Waals surface area contributed by atoms with Gasteiger partial charge in [-0.3, -0.25) is 10.1 Å². The molecule has 4 aliphatic rings. The molecule has 214 valence electrons. The number of nitro benzene ring substituents is 1. The predicted octanol–water partition coefficient (Wildman–Crippen LogP) is 9.16. The number of non-ortho nitro benzene ring substituents is 1. The molecular weight excluding hydrogens is 486 g/mol. The Morgan fingerprint density at radius 3 is 2.46 bits per heavy atom. The second-order valence-electron chi connectivity index (χ2n) is 14.4. The van der Waals surface area contributed by atoms with Gasteiger partial charge < -0.3 is 4.74 Å². The summed E-state index contributed by atoms with van der Waals surface area (Å²) in [5.41, 5.74) is 2.60. The summed E-state index contributed by atoms with van der Waals surface area (Å²) in [5.74, 6) is 4.54. The summed E-state index contributed by atoms with van der Waals surface area (Å²) in [4.78, 5) is 23.3. The number of carbonyl (C=O) groups excluding carboxylic acids is 1. The summed E-state index contributed by atoms with van der Waals surface area (Å²) < 4.78 is 5.93. The standard InChI is InChI=1S/C34H49NO4/c1-22(2)7-6-8-23(3)29-15-16-30-28-14-11-25-21-27(17-19-33(25,4)31(28)18-20-34(29,30)5)39-32(36)24-9-12-26(13-10-24)35(37)38/h9-13,22-23,27-31H,6-8,14-21H2,1-5H3/t23-,27+,28+,29?,30+,31+,33+,34-/m1/s1. The Hall–Kier alpha value is -2.17. The van der Waals surface area contributed by atoms with Crippen LogP contribution in [0, 0.1) is 56.5 Å². The lowest BCUT2D eigenvalue weighted by Gasteiger charge is -2.58. The Balaban J connectivity index is 1.23. The molecule has 0 radical (unpaired) electrons. The quantitative estimate of drug-likeness (QED) is 0.144. The van der Waals surface area contributed by atoms with Crippen molar-refractivity contribution in [3.8, 4) is 0 Å². The molecule has 0 aromatic heterocycles. The fraction of sp³-hybridized carbons (Fsp3) is 0.735. The minimum Gasteiger partial charge on any atom is -0.458 e. The van der Waals surface area contributed by atoms with Crippen molar-refractivity contribution in [3.63, 3.8) is 0 Å². The van der Waals surface area contributed by atoms with E-state index in [0.29, 0.717) is 11.0 Å². The molecule has 5 nitrogen and oxygen atoms in total. The van der Waals surface area contributed by atoms with E-state index in [9.17, 15) is 14.9 Å². The maximum atomic E-state index is 12.8. The maximum Gasteiger partial charge on any atom is 0.338 e. The van der Waals surface area contributed by atoms with Crippen molar-refractivity contribution in [2.24, 2.45) is 46.3 Å². The molecule has 0 bridgehead atoms. The zero-order valence-corrected chi connectivity index (χ0v) is 24.8. The Morgan fingerprint density at radius 2 is 1.77 bits per heavy atom. The number of hydrogen-bond acceptors (Lipinski definition) is 4. The maximum absolute atomic E-state index is 12.8. The third kappa shape index (κ3) is 5.32. The van der Waals surface area contributed by atoms with Gasteiger partial charge in [-0.1, -0.05) is 65.5 Å². The molecule has 1 aromatic carbocycles. The zero-order chi connectivity index (χ0) is 27.9. The molecular formula is C34H49NO4. The highest BCUT2D eigenvalue weighted by molar-refractivity contribution is 5.89. The molecule has 0 saturated heterocycles. The van der Waals surface area contributed by atoms with E-state index in [1.54, 1.807) is 0 Å². The van der Waals surface area contributed by atoms with E-state index in [-0.39, 0.29) is 23.2 Å². The first-order valence-electron chi connectivity index (χ1n) is 15.7. The van der Waals surface area contributed by atoms with Crippen LogP contribution in [0.2, 0.25) is 0 Å². The third-order valence-corrected chi connectivity index (χ3v) is 11.8. The van der Waals surface area contributed by atoms with Crippen molar-refractivity contribution < 1.29 is 14.5 Å². The summed E-state index contributed by atoms with van der Waals surface area (Å²) in [5, 5.41) is 10.9. The fourth-order valence-corrected chi connectivity index (χ4v) is 9.69. The highest BCUT2D eigenvalue weighted by Crippen LogP contribution is 2.67. The molecule has 8 atom stereocenters. The number of esters is 1. The molecule has 3 fully saturated rings. The summed E-state index contributed by atoms with van der Waals surface area (Å²) >= 11 is 0. The van der Waals surface area contributed by atoms with E-state index in [0.717, 1.165) is 54.8 Å². The van der Waals surface area contributed by atoms with Crippen LogP contribution < -0.4 is 0 Å². The molecule has 0 N–H and O–H groups in total. The molecule has 1 unspecified atom stereocenters. The Labute approximate surface area is 235 Å². The normalized spacial score (nSPS) is 36.4. The molecule has 0 spiro atoms.